The topological polar surface area (TPSA) is 78.8 Å². The summed E-state index contributed by atoms with van der Waals surface area (Å²) in [5.74, 6) is 0. The van der Waals surface area contributed by atoms with Crippen LogP contribution in [-0.2, 0) is 4.74 Å². The minimum absolute atomic E-state index is 0.229. The molecule has 32 heavy (non-hydrogen) atoms. The molecular formula is C23H24N6O2S. The van der Waals surface area contributed by atoms with Crippen LogP contribution < -0.4 is 4.90 Å². The summed E-state index contributed by atoms with van der Waals surface area (Å²) >= 11 is 1.60. The molecule has 164 valence electrons. The summed E-state index contributed by atoms with van der Waals surface area (Å²) in [5, 5.41) is 0.869. The number of carbonyl (C=O) groups is 1. The van der Waals surface area contributed by atoms with E-state index in [1.165, 1.54) is 0 Å². The summed E-state index contributed by atoms with van der Waals surface area (Å²) in [4.78, 5) is 29.2. The molecule has 9 heteroatoms. The number of anilines is 1. The highest BCUT2D eigenvalue weighted by atomic mass is 32.2. The number of nitrogens with one attached hydrogen (secondary N) is 1. The first kappa shape index (κ1) is 20.4. The maximum absolute atomic E-state index is 11.9. The number of hydrogen-bond acceptors (Lipinski definition) is 6. The van der Waals surface area contributed by atoms with E-state index in [0.717, 1.165) is 45.7 Å². The van der Waals surface area contributed by atoms with Gasteiger partial charge >= 0.3 is 6.09 Å². The molecule has 0 bridgehead atoms. The number of nitrogens with zero attached hydrogens (tertiary/aromatic N) is 5. The van der Waals surface area contributed by atoms with Crippen LogP contribution in [0, 0.1) is 0 Å². The first-order valence-electron chi connectivity index (χ1n) is 10.6. The lowest BCUT2D eigenvalue weighted by Crippen LogP contribution is -2.49. The third-order valence-electron chi connectivity index (χ3n) is 5.49. The van der Waals surface area contributed by atoms with E-state index in [0.29, 0.717) is 19.7 Å². The largest absolute Gasteiger partial charge is 0.450 e. The molecule has 1 aliphatic heterocycles. The lowest BCUT2D eigenvalue weighted by atomic mass is 10.2. The Bertz CT molecular complexity index is 1210. The van der Waals surface area contributed by atoms with Gasteiger partial charge in [-0.3, -0.25) is 4.40 Å². The van der Waals surface area contributed by atoms with Crippen LogP contribution >= 0.6 is 11.8 Å². The summed E-state index contributed by atoms with van der Waals surface area (Å²) in [5.41, 5.74) is 4.15. The van der Waals surface area contributed by atoms with E-state index in [4.69, 9.17) is 4.74 Å². The number of aromatic nitrogens is 4. The zero-order chi connectivity index (χ0) is 21.9. The molecule has 0 saturated carbocycles. The fraction of sp³-hybridized carbons (Fsp3) is 0.261. The summed E-state index contributed by atoms with van der Waals surface area (Å²) in [7, 11) is 0. The Hall–Kier alpha value is -3.46. The van der Waals surface area contributed by atoms with Gasteiger partial charge in [-0.1, -0.05) is 23.9 Å². The minimum atomic E-state index is -0.229. The first-order chi connectivity index (χ1) is 15.7. The molecule has 1 aromatic carbocycles. The van der Waals surface area contributed by atoms with Crippen LogP contribution in [0.15, 0.2) is 71.2 Å². The smallest absolute Gasteiger partial charge is 0.409 e. The van der Waals surface area contributed by atoms with E-state index < -0.39 is 0 Å². The molecule has 1 aliphatic rings. The first-order valence-corrected chi connectivity index (χ1v) is 11.4. The number of imidazole rings is 2. The fourth-order valence-corrected chi connectivity index (χ4v) is 4.68. The molecule has 0 spiro atoms. The summed E-state index contributed by atoms with van der Waals surface area (Å²) in [6.45, 7) is 5.09. The van der Waals surface area contributed by atoms with Crippen molar-refractivity contribution < 1.29 is 9.53 Å². The van der Waals surface area contributed by atoms with Crippen molar-refractivity contribution in [2.75, 3.05) is 37.7 Å². The van der Waals surface area contributed by atoms with Crippen LogP contribution in [0.1, 0.15) is 6.92 Å². The molecule has 1 N–H and O–H groups in total. The number of fused-ring (bicyclic) bond motifs is 1. The minimum Gasteiger partial charge on any atom is -0.450 e. The second-order valence-corrected chi connectivity index (χ2v) is 8.52. The summed E-state index contributed by atoms with van der Waals surface area (Å²) < 4.78 is 7.22. The number of aromatic amines is 1. The molecule has 4 aromatic rings. The second-order valence-electron chi connectivity index (χ2n) is 7.45. The lowest BCUT2D eigenvalue weighted by Gasteiger charge is -2.35. The quantitative estimate of drug-likeness (QED) is 0.494. The van der Waals surface area contributed by atoms with Gasteiger partial charge in [-0.05, 0) is 25.1 Å². The number of H-pyrrole nitrogens is 1. The average Bonchev–Trinajstić information content (AvgIpc) is 3.49. The standard InChI is InChI=1S/C23H24N6O2S/c1-2-31-23(30)28-12-10-27(11-13-28)18-6-9-29-20(16-26-21(29)15-18)17-4-3-5-19(14-17)32-22-24-7-8-25-22/h3-9,14-16H,2,10-13H2,1H3,(H,24,25). The number of hydrogen-bond donors (Lipinski definition) is 1. The van der Waals surface area contributed by atoms with Crippen molar-refractivity contribution in [2.45, 2.75) is 17.0 Å². The van der Waals surface area contributed by atoms with Gasteiger partial charge in [0.05, 0.1) is 18.5 Å². The van der Waals surface area contributed by atoms with Crippen LogP contribution in [0.5, 0.6) is 0 Å². The average molecular weight is 449 g/mol. The van der Waals surface area contributed by atoms with Gasteiger partial charge in [0.25, 0.3) is 0 Å². The van der Waals surface area contributed by atoms with Crippen molar-refractivity contribution in [3.8, 4) is 11.3 Å². The van der Waals surface area contributed by atoms with Crippen molar-refractivity contribution in [3.05, 3.63) is 61.2 Å². The van der Waals surface area contributed by atoms with Gasteiger partial charge in [0, 0.05) is 67.0 Å². The number of benzene rings is 1. The van der Waals surface area contributed by atoms with Gasteiger partial charge in [0.2, 0.25) is 0 Å². The Morgan fingerprint density at radius 2 is 2.03 bits per heavy atom. The maximum Gasteiger partial charge on any atom is 0.409 e. The Balaban J connectivity index is 1.33. The van der Waals surface area contributed by atoms with Crippen molar-refractivity contribution in [1.82, 2.24) is 24.3 Å². The van der Waals surface area contributed by atoms with Crippen molar-refractivity contribution in [3.63, 3.8) is 0 Å². The highest BCUT2D eigenvalue weighted by Crippen LogP contribution is 2.30. The van der Waals surface area contributed by atoms with Crippen LogP contribution in [0.25, 0.3) is 16.9 Å². The maximum atomic E-state index is 11.9. The SMILES string of the molecule is CCOC(=O)N1CCN(c2ccn3c(-c4cccc(Sc5ncc[nH]5)c4)cnc3c2)CC1. The van der Waals surface area contributed by atoms with Crippen LogP contribution in [-0.4, -0.2) is 63.1 Å². The van der Waals surface area contributed by atoms with Crippen LogP contribution in [0.4, 0.5) is 10.5 Å². The second kappa shape index (κ2) is 8.96. The van der Waals surface area contributed by atoms with Gasteiger partial charge in [-0.25, -0.2) is 14.8 Å². The molecule has 0 radical (unpaired) electrons. The molecule has 4 heterocycles. The normalized spacial score (nSPS) is 14.2. The predicted octanol–water partition coefficient (Wildman–Crippen LogP) is 4.15. The van der Waals surface area contributed by atoms with E-state index >= 15 is 0 Å². The monoisotopic (exact) mass is 448 g/mol. The number of ether oxygens (including phenoxy) is 1. The van der Waals surface area contributed by atoms with Crippen molar-refractivity contribution in [1.29, 1.82) is 0 Å². The zero-order valence-corrected chi connectivity index (χ0v) is 18.6. The van der Waals surface area contributed by atoms with Gasteiger partial charge < -0.3 is 19.5 Å². The molecule has 8 nitrogen and oxygen atoms in total. The molecule has 0 atom stereocenters. The summed E-state index contributed by atoms with van der Waals surface area (Å²) in [6, 6.07) is 12.6. The zero-order valence-electron chi connectivity index (χ0n) is 17.8. The number of pyridine rings is 1. The van der Waals surface area contributed by atoms with E-state index in [1.807, 2.05) is 19.3 Å². The fourth-order valence-electron chi connectivity index (χ4n) is 3.88. The predicted molar refractivity (Wildman–Crippen MR) is 124 cm³/mol. The molecule has 1 amide bonds. The lowest BCUT2D eigenvalue weighted by molar-refractivity contribution is 0.105. The third kappa shape index (κ3) is 4.16. The van der Waals surface area contributed by atoms with Gasteiger partial charge in [-0.15, -0.1) is 0 Å². The van der Waals surface area contributed by atoms with Crippen LogP contribution in [0.2, 0.25) is 0 Å². The van der Waals surface area contributed by atoms with E-state index in [1.54, 1.807) is 22.9 Å². The molecule has 0 unspecified atom stereocenters. The van der Waals surface area contributed by atoms with E-state index in [2.05, 4.69) is 66.8 Å². The molecule has 1 fully saturated rings. The van der Waals surface area contributed by atoms with Gasteiger partial charge in [0.15, 0.2) is 5.16 Å². The number of piperazine rings is 1. The van der Waals surface area contributed by atoms with Gasteiger partial charge in [-0.2, -0.15) is 0 Å². The highest BCUT2D eigenvalue weighted by Gasteiger charge is 2.22. The molecule has 0 aliphatic carbocycles. The molecule has 3 aromatic heterocycles. The van der Waals surface area contributed by atoms with Gasteiger partial charge in [0.1, 0.15) is 5.65 Å². The Morgan fingerprint density at radius 1 is 1.16 bits per heavy atom. The highest BCUT2D eigenvalue weighted by molar-refractivity contribution is 7.99. The number of amides is 1. The van der Waals surface area contributed by atoms with E-state index in [9.17, 15) is 4.79 Å². The van der Waals surface area contributed by atoms with Crippen molar-refractivity contribution >= 4 is 29.2 Å². The molecular weight excluding hydrogens is 424 g/mol. The Kier molecular flexibility index (Phi) is 5.72. The molecule has 5 rings (SSSR count). The Morgan fingerprint density at radius 3 is 2.81 bits per heavy atom. The number of carbonyl (C=O) groups excluding carboxylic acids is 1. The van der Waals surface area contributed by atoms with Crippen molar-refractivity contribution in [2.24, 2.45) is 0 Å². The number of rotatable bonds is 5. The Labute approximate surface area is 190 Å². The van der Waals surface area contributed by atoms with E-state index in [-0.39, 0.29) is 6.09 Å². The van der Waals surface area contributed by atoms with Crippen LogP contribution in [0.3, 0.4) is 0 Å². The summed E-state index contributed by atoms with van der Waals surface area (Å²) in [6.07, 6.45) is 7.33. The molecule has 1 saturated heterocycles. The third-order valence-corrected chi connectivity index (χ3v) is 6.39.